The molecule has 0 spiro atoms. The van der Waals surface area contributed by atoms with Crippen LogP contribution in [0, 0.1) is 19.8 Å². The van der Waals surface area contributed by atoms with Crippen molar-refractivity contribution in [3.8, 4) is 0 Å². The fraction of sp³-hybridized carbons (Fsp3) is 0.400. The summed E-state index contributed by atoms with van der Waals surface area (Å²) in [6, 6.07) is 13.5. The van der Waals surface area contributed by atoms with Gasteiger partial charge in [-0.25, -0.2) is 0 Å². The molecule has 2 atom stereocenters. The first-order valence-electron chi connectivity index (χ1n) is 10.7. The summed E-state index contributed by atoms with van der Waals surface area (Å²) in [5.41, 5.74) is 4.56. The number of esters is 1. The van der Waals surface area contributed by atoms with E-state index >= 15 is 0 Å². The Labute approximate surface area is 183 Å². The van der Waals surface area contributed by atoms with Crippen molar-refractivity contribution in [3.63, 3.8) is 0 Å². The van der Waals surface area contributed by atoms with E-state index in [1.807, 2.05) is 56.3 Å². The Hall–Kier alpha value is -3.15. The number of rotatable bonds is 7. The van der Waals surface area contributed by atoms with Gasteiger partial charge in [0.05, 0.1) is 5.92 Å². The number of amides is 2. The van der Waals surface area contributed by atoms with Gasteiger partial charge >= 0.3 is 5.97 Å². The average Bonchev–Trinajstić information content (AvgIpc) is 3.15. The second kappa shape index (κ2) is 9.77. The lowest BCUT2D eigenvalue weighted by atomic mass is 9.96. The van der Waals surface area contributed by atoms with Gasteiger partial charge in [0.15, 0.2) is 6.61 Å². The number of nitrogens with zero attached hydrogens (tertiary/aromatic N) is 1. The van der Waals surface area contributed by atoms with Gasteiger partial charge < -0.3 is 15.0 Å². The van der Waals surface area contributed by atoms with Crippen molar-refractivity contribution in [3.05, 3.63) is 59.2 Å². The van der Waals surface area contributed by atoms with Gasteiger partial charge in [-0.3, -0.25) is 14.4 Å². The van der Waals surface area contributed by atoms with Crippen LogP contribution in [0.4, 0.5) is 11.4 Å². The van der Waals surface area contributed by atoms with Gasteiger partial charge in [0, 0.05) is 24.3 Å². The summed E-state index contributed by atoms with van der Waals surface area (Å²) in [5, 5.41) is 2.80. The minimum atomic E-state index is -0.578. The third-order valence-electron chi connectivity index (χ3n) is 5.92. The number of benzene rings is 2. The molecule has 0 radical (unpaired) electrons. The topological polar surface area (TPSA) is 75.7 Å². The van der Waals surface area contributed by atoms with E-state index in [4.69, 9.17) is 4.74 Å². The fourth-order valence-electron chi connectivity index (χ4n) is 3.91. The summed E-state index contributed by atoms with van der Waals surface area (Å²) in [6.07, 6.45) is 1.05. The van der Waals surface area contributed by atoms with Crippen molar-refractivity contribution in [2.75, 3.05) is 23.4 Å². The fourth-order valence-corrected chi connectivity index (χ4v) is 3.91. The van der Waals surface area contributed by atoms with Crippen molar-refractivity contribution in [1.82, 2.24) is 0 Å². The van der Waals surface area contributed by atoms with E-state index in [2.05, 4.69) is 19.2 Å². The summed E-state index contributed by atoms with van der Waals surface area (Å²) >= 11 is 0. The molecule has 1 fully saturated rings. The Balaban J connectivity index is 1.60. The standard InChI is InChI=1S/C25H30N2O4/c1-5-16(2)20-11-6-7-12-21(20)27-14-19(13-23(27)29)25(30)31-15-22(28)26-24-17(3)9-8-10-18(24)4/h6-12,16,19H,5,13-15H2,1-4H3,(H,26,28)/t16-,19+/m0/s1. The van der Waals surface area contributed by atoms with Gasteiger partial charge in [-0.1, -0.05) is 50.2 Å². The van der Waals surface area contributed by atoms with Crippen molar-refractivity contribution in [2.45, 2.75) is 46.5 Å². The Kier molecular flexibility index (Phi) is 7.10. The molecule has 2 aromatic carbocycles. The molecule has 0 aromatic heterocycles. The van der Waals surface area contributed by atoms with Crippen LogP contribution in [0.1, 0.15) is 49.3 Å². The molecule has 6 nitrogen and oxygen atoms in total. The number of aryl methyl sites for hydroxylation is 2. The number of carbonyl (C=O) groups excluding carboxylic acids is 3. The minimum Gasteiger partial charge on any atom is -0.455 e. The molecule has 0 saturated carbocycles. The maximum Gasteiger partial charge on any atom is 0.311 e. The lowest BCUT2D eigenvalue weighted by molar-refractivity contribution is -0.151. The Morgan fingerprint density at radius 3 is 2.48 bits per heavy atom. The summed E-state index contributed by atoms with van der Waals surface area (Å²) in [6.45, 7) is 7.94. The Morgan fingerprint density at radius 2 is 1.81 bits per heavy atom. The van der Waals surface area contributed by atoms with Crippen molar-refractivity contribution < 1.29 is 19.1 Å². The van der Waals surface area contributed by atoms with Crippen LogP contribution >= 0.6 is 0 Å². The minimum absolute atomic E-state index is 0.0895. The van der Waals surface area contributed by atoms with E-state index in [9.17, 15) is 14.4 Å². The van der Waals surface area contributed by atoms with Gasteiger partial charge in [0.2, 0.25) is 5.91 Å². The number of nitrogens with one attached hydrogen (secondary N) is 1. The van der Waals surface area contributed by atoms with Crippen LogP contribution in [0.2, 0.25) is 0 Å². The van der Waals surface area contributed by atoms with Crippen LogP contribution in [0.15, 0.2) is 42.5 Å². The number of hydrogen-bond acceptors (Lipinski definition) is 4. The van der Waals surface area contributed by atoms with Gasteiger partial charge in [0.25, 0.3) is 5.91 Å². The Morgan fingerprint density at radius 1 is 1.13 bits per heavy atom. The molecule has 164 valence electrons. The van der Waals surface area contributed by atoms with E-state index in [0.717, 1.165) is 34.5 Å². The van der Waals surface area contributed by atoms with E-state index < -0.39 is 17.8 Å². The number of ether oxygens (including phenoxy) is 1. The molecule has 0 bridgehead atoms. The number of carbonyl (C=O) groups is 3. The largest absolute Gasteiger partial charge is 0.455 e. The maximum absolute atomic E-state index is 12.6. The molecule has 1 N–H and O–H groups in total. The van der Waals surface area contributed by atoms with Gasteiger partial charge in [-0.05, 0) is 48.9 Å². The summed E-state index contributed by atoms with van der Waals surface area (Å²) < 4.78 is 5.24. The van der Waals surface area contributed by atoms with Gasteiger partial charge in [0.1, 0.15) is 0 Å². The van der Waals surface area contributed by atoms with Crippen molar-refractivity contribution >= 4 is 29.2 Å². The molecule has 1 heterocycles. The molecule has 0 unspecified atom stereocenters. The molecule has 1 aliphatic rings. The quantitative estimate of drug-likeness (QED) is 0.673. The van der Waals surface area contributed by atoms with Gasteiger partial charge in [-0.15, -0.1) is 0 Å². The van der Waals surface area contributed by atoms with E-state index in [0.29, 0.717) is 5.92 Å². The highest BCUT2D eigenvalue weighted by Crippen LogP contribution is 2.33. The van der Waals surface area contributed by atoms with Crippen LogP contribution in [0.25, 0.3) is 0 Å². The van der Waals surface area contributed by atoms with E-state index in [-0.39, 0.29) is 25.5 Å². The van der Waals surface area contributed by atoms with Crippen LogP contribution < -0.4 is 10.2 Å². The zero-order valence-electron chi connectivity index (χ0n) is 18.6. The molecule has 0 aliphatic carbocycles. The molecule has 2 aromatic rings. The first-order chi connectivity index (χ1) is 14.8. The molecule has 31 heavy (non-hydrogen) atoms. The third kappa shape index (κ3) is 5.13. The first kappa shape index (κ1) is 22.5. The highest BCUT2D eigenvalue weighted by Gasteiger charge is 2.37. The first-order valence-corrected chi connectivity index (χ1v) is 10.7. The lowest BCUT2D eigenvalue weighted by Gasteiger charge is -2.23. The van der Waals surface area contributed by atoms with E-state index in [1.165, 1.54) is 0 Å². The summed E-state index contributed by atoms with van der Waals surface area (Å²) in [4.78, 5) is 39.1. The Bertz CT molecular complexity index is 965. The normalized spacial score (nSPS) is 16.8. The zero-order valence-corrected chi connectivity index (χ0v) is 18.6. The predicted octanol–water partition coefficient (Wildman–Crippen LogP) is 4.35. The molecule has 1 saturated heterocycles. The third-order valence-corrected chi connectivity index (χ3v) is 5.92. The predicted molar refractivity (Wildman–Crippen MR) is 121 cm³/mol. The molecule has 6 heteroatoms. The average molecular weight is 423 g/mol. The van der Waals surface area contributed by atoms with Crippen molar-refractivity contribution in [2.24, 2.45) is 5.92 Å². The highest BCUT2D eigenvalue weighted by molar-refractivity contribution is 6.00. The summed E-state index contributed by atoms with van der Waals surface area (Å²) in [5.74, 6) is -1.28. The second-order valence-electron chi connectivity index (χ2n) is 8.20. The van der Waals surface area contributed by atoms with Crippen LogP contribution in [-0.4, -0.2) is 30.9 Å². The highest BCUT2D eigenvalue weighted by atomic mass is 16.5. The second-order valence-corrected chi connectivity index (χ2v) is 8.20. The number of anilines is 2. The van der Waals surface area contributed by atoms with Crippen LogP contribution in [-0.2, 0) is 19.1 Å². The molecular weight excluding hydrogens is 392 g/mol. The summed E-state index contributed by atoms with van der Waals surface area (Å²) in [7, 11) is 0. The van der Waals surface area contributed by atoms with Crippen molar-refractivity contribution in [1.29, 1.82) is 0 Å². The molecule has 1 aliphatic heterocycles. The molecule has 3 rings (SSSR count). The zero-order chi connectivity index (χ0) is 22.5. The monoisotopic (exact) mass is 422 g/mol. The molecular formula is C25H30N2O4. The van der Waals surface area contributed by atoms with Crippen LogP contribution in [0.5, 0.6) is 0 Å². The number of para-hydroxylation sites is 2. The lowest BCUT2D eigenvalue weighted by Crippen LogP contribution is -2.29. The SMILES string of the molecule is CC[C@H](C)c1ccccc1N1C[C@H](C(=O)OCC(=O)Nc2c(C)cccc2C)CC1=O. The van der Waals surface area contributed by atoms with Gasteiger partial charge in [-0.2, -0.15) is 0 Å². The van der Waals surface area contributed by atoms with E-state index in [1.54, 1.807) is 4.90 Å². The molecule has 2 amide bonds. The number of hydrogen-bond donors (Lipinski definition) is 1. The van der Waals surface area contributed by atoms with Crippen LogP contribution in [0.3, 0.4) is 0 Å². The smallest absolute Gasteiger partial charge is 0.311 e. The maximum atomic E-state index is 12.6.